The third kappa shape index (κ3) is 1.06. The van der Waals surface area contributed by atoms with E-state index in [1.165, 1.54) is 11.3 Å². The first kappa shape index (κ1) is 8.26. The molecule has 3 aliphatic rings. The van der Waals surface area contributed by atoms with Crippen LogP contribution in [0.4, 0.5) is 4.79 Å². The van der Waals surface area contributed by atoms with E-state index in [9.17, 15) is 9.59 Å². The second kappa shape index (κ2) is 2.72. The van der Waals surface area contributed by atoms with Gasteiger partial charge in [0.15, 0.2) is 0 Å². The van der Waals surface area contributed by atoms with Crippen molar-refractivity contribution < 1.29 is 9.59 Å². The van der Waals surface area contributed by atoms with Gasteiger partial charge in [-0.05, 0) is 31.6 Å². The second-order valence-electron chi connectivity index (χ2n) is 4.56. The van der Waals surface area contributed by atoms with Crippen molar-refractivity contribution in [3.8, 4) is 0 Å². The Morgan fingerprint density at radius 2 is 1.86 bits per heavy atom. The Hall–Kier alpha value is -1.06. The van der Waals surface area contributed by atoms with Crippen molar-refractivity contribution in [1.29, 1.82) is 0 Å². The molecule has 2 saturated carbocycles. The zero-order valence-corrected chi connectivity index (χ0v) is 8.03. The molecule has 4 heteroatoms. The van der Waals surface area contributed by atoms with Crippen LogP contribution in [0.2, 0.25) is 0 Å². The topological polar surface area (TPSA) is 49.4 Å². The first-order valence-corrected chi connectivity index (χ1v) is 5.41. The normalized spacial score (nSPS) is 33.1. The van der Waals surface area contributed by atoms with Crippen LogP contribution in [0.3, 0.4) is 0 Å². The van der Waals surface area contributed by atoms with E-state index in [0.29, 0.717) is 5.92 Å². The summed E-state index contributed by atoms with van der Waals surface area (Å²) in [7, 11) is 0. The molecule has 1 unspecified atom stereocenters. The number of hydrogen-bond acceptors (Lipinski definition) is 2. The average molecular weight is 194 g/mol. The van der Waals surface area contributed by atoms with Gasteiger partial charge in [-0.15, -0.1) is 0 Å². The summed E-state index contributed by atoms with van der Waals surface area (Å²) in [4.78, 5) is 24.8. The van der Waals surface area contributed by atoms with Crippen LogP contribution >= 0.6 is 0 Å². The fourth-order valence-electron chi connectivity index (χ4n) is 2.29. The maximum atomic E-state index is 11.9. The van der Waals surface area contributed by atoms with Crippen molar-refractivity contribution in [3.63, 3.8) is 0 Å². The molecular weight excluding hydrogens is 180 g/mol. The zero-order valence-electron chi connectivity index (χ0n) is 8.03. The molecule has 0 radical (unpaired) electrons. The first-order chi connectivity index (χ1) is 6.77. The van der Waals surface area contributed by atoms with Crippen LogP contribution in [0.5, 0.6) is 0 Å². The van der Waals surface area contributed by atoms with Crippen molar-refractivity contribution in [3.05, 3.63) is 0 Å². The number of carbonyl (C=O) groups excluding carboxylic acids is 2. The van der Waals surface area contributed by atoms with Crippen LogP contribution in [0.15, 0.2) is 0 Å². The third-order valence-corrected chi connectivity index (χ3v) is 3.53. The largest absolute Gasteiger partial charge is 0.326 e. The Bertz CT molecular complexity index is 294. The molecule has 1 aliphatic heterocycles. The van der Waals surface area contributed by atoms with E-state index in [4.69, 9.17) is 0 Å². The summed E-state index contributed by atoms with van der Waals surface area (Å²) in [5.41, 5.74) is 0. The smallest absolute Gasteiger partial charge is 0.325 e. The van der Waals surface area contributed by atoms with Crippen LogP contribution in [0.1, 0.15) is 32.1 Å². The van der Waals surface area contributed by atoms with Crippen LogP contribution in [0.25, 0.3) is 0 Å². The van der Waals surface area contributed by atoms with Crippen molar-refractivity contribution in [2.24, 2.45) is 5.92 Å². The number of imide groups is 1. The van der Waals surface area contributed by atoms with Gasteiger partial charge in [0.1, 0.15) is 6.04 Å². The Labute approximate surface area is 82.6 Å². The second-order valence-corrected chi connectivity index (χ2v) is 4.56. The maximum Gasteiger partial charge on any atom is 0.325 e. The minimum atomic E-state index is -0.197. The Morgan fingerprint density at radius 1 is 1.14 bits per heavy atom. The van der Waals surface area contributed by atoms with Gasteiger partial charge < -0.3 is 5.32 Å². The van der Waals surface area contributed by atoms with Crippen LogP contribution in [-0.4, -0.2) is 28.9 Å². The average Bonchev–Trinajstić information content (AvgIpc) is 2.80. The Balaban J connectivity index is 1.76. The van der Waals surface area contributed by atoms with Gasteiger partial charge in [0.2, 0.25) is 0 Å². The van der Waals surface area contributed by atoms with Crippen LogP contribution in [0, 0.1) is 5.92 Å². The highest BCUT2D eigenvalue weighted by atomic mass is 16.2. The summed E-state index contributed by atoms with van der Waals surface area (Å²) in [5.74, 6) is 0.442. The summed E-state index contributed by atoms with van der Waals surface area (Å²) in [5, 5.41) is 2.81. The summed E-state index contributed by atoms with van der Waals surface area (Å²) in [6.07, 6.45) is 5.38. The molecule has 1 atom stereocenters. The van der Waals surface area contributed by atoms with Gasteiger partial charge in [0.25, 0.3) is 5.91 Å². The number of hydrogen-bond donors (Lipinski definition) is 1. The van der Waals surface area contributed by atoms with E-state index in [1.54, 1.807) is 0 Å². The van der Waals surface area contributed by atoms with E-state index >= 15 is 0 Å². The third-order valence-electron chi connectivity index (χ3n) is 3.53. The summed E-state index contributed by atoms with van der Waals surface area (Å²) in [6, 6.07) is -0.140. The van der Waals surface area contributed by atoms with E-state index in [1.807, 2.05) is 0 Å². The lowest BCUT2D eigenvalue weighted by Gasteiger charge is -2.29. The van der Waals surface area contributed by atoms with Gasteiger partial charge >= 0.3 is 6.03 Å². The molecule has 0 bridgehead atoms. The van der Waals surface area contributed by atoms with Crippen molar-refractivity contribution in [2.45, 2.75) is 44.2 Å². The Morgan fingerprint density at radius 3 is 2.36 bits per heavy atom. The minimum absolute atomic E-state index is 0.0298. The number of carbonyl (C=O) groups is 2. The number of amides is 3. The number of urea groups is 1. The molecule has 1 N–H and O–H groups in total. The lowest BCUT2D eigenvalue weighted by atomic mass is 9.80. The molecule has 0 aromatic carbocycles. The fraction of sp³-hybridized carbons (Fsp3) is 0.800. The molecule has 3 rings (SSSR count). The summed E-state index contributed by atoms with van der Waals surface area (Å²) in [6.45, 7) is 0. The fourth-order valence-corrected chi connectivity index (χ4v) is 2.29. The summed E-state index contributed by atoms with van der Waals surface area (Å²) < 4.78 is 0. The van der Waals surface area contributed by atoms with E-state index in [0.717, 1.165) is 25.7 Å². The highest BCUT2D eigenvalue weighted by Gasteiger charge is 2.49. The lowest BCUT2D eigenvalue weighted by Crippen LogP contribution is -2.40. The molecule has 2 aliphatic carbocycles. The number of nitrogens with zero attached hydrogens (tertiary/aromatic N) is 1. The van der Waals surface area contributed by atoms with Gasteiger partial charge in [0, 0.05) is 6.04 Å². The van der Waals surface area contributed by atoms with Gasteiger partial charge in [-0.3, -0.25) is 9.69 Å². The molecule has 0 aromatic rings. The standard InChI is InChI=1S/C10H14N2O2/c13-9-8(6-2-1-3-6)11-10(14)12(9)7-4-5-7/h6-8H,1-5H2,(H,11,14). The molecule has 76 valence electrons. The van der Waals surface area contributed by atoms with E-state index in [-0.39, 0.29) is 24.0 Å². The Kier molecular flexibility index (Phi) is 1.60. The van der Waals surface area contributed by atoms with E-state index in [2.05, 4.69) is 5.32 Å². The van der Waals surface area contributed by atoms with Crippen LogP contribution < -0.4 is 5.32 Å². The summed E-state index contributed by atoms with van der Waals surface area (Å²) >= 11 is 0. The first-order valence-electron chi connectivity index (χ1n) is 5.41. The number of nitrogens with one attached hydrogen (secondary N) is 1. The molecule has 0 spiro atoms. The molecule has 3 amide bonds. The van der Waals surface area contributed by atoms with Gasteiger partial charge in [-0.2, -0.15) is 0 Å². The molecule has 1 heterocycles. The molecule has 3 fully saturated rings. The zero-order chi connectivity index (χ0) is 9.71. The highest BCUT2D eigenvalue weighted by Crippen LogP contribution is 2.36. The molecule has 0 aromatic heterocycles. The molecule has 1 saturated heterocycles. The van der Waals surface area contributed by atoms with Gasteiger partial charge in [-0.25, -0.2) is 4.79 Å². The van der Waals surface area contributed by atoms with Crippen LogP contribution in [-0.2, 0) is 4.79 Å². The lowest BCUT2D eigenvalue weighted by molar-refractivity contribution is -0.129. The predicted molar refractivity (Wildman–Crippen MR) is 49.5 cm³/mol. The minimum Gasteiger partial charge on any atom is -0.326 e. The van der Waals surface area contributed by atoms with Crippen molar-refractivity contribution in [2.75, 3.05) is 0 Å². The maximum absolute atomic E-state index is 11.9. The monoisotopic (exact) mass is 194 g/mol. The van der Waals surface area contributed by atoms with Crippen molar-refractivity contribution >= 4 is 11.9 Å². The van der Waals surface area contributed by atoms with Crippen molar-refractivity contribution in [1.82, 2.24) is 10.2 Å². The molecule has 14 heavy (non-hydrogen) atoms. The van der Waals surface area contributed by atoms with Gasteiger partial charge in [0.05, 0.1) is 0 Å². The van der Waals surface area contributed by atoms with E-state index < -0.39 is 0 Å². The SMILES string of the molecule is O=C1NC(C2CCC2)C(=O)N1C1CC1. The molecular formula is C10H14N2O2. The van der Waals surface area contributed by atoms with Gasteiger partial charge in [-0.1, -0.05) is 6.42 Å². The predicted octanol–water partition coefficient (Wildman–Crippen LogP) is 0.869. The molecule has 4 nitrogen and oxygen atoms in total. The quantitative estimate of drug-likeness (QED) is 0.663. The highest BCUT2D eigenvalue weighted by molar-refractivity contribution is 6.05. The number of rotatable bonds is 2.